The summed E-state index contributed by atoms with van der Waals surface area (Å²) in [7, 11) is 3.77. The Morgan fingerprint density at radius 1 is 0.644 bits per heavy atom. The van der Waals surface area contributed by atoms with E-state index in [2.05, 4.69) is 139 Å². The molecule has 4 aromatic rings. The summed E-state index contributed by atoms with van der Waals surface area (Å²) < 4.78 is 5.03. The minimum atomic E-state index is -0.274. The zero-order valence-corrected chi connectivity index (χ0v) is 26.5. The van der Waals surface area contributed by atoms with Crippen molar-refractivity contribution >= 4 is 41.5 Å². The molecule has 0 saturated carbocycles. The number of nitrogens with one attached hydrogen (secondary N) is 1. The summed E-state index contributed by atoms with van der Waals surface area (Å²) in [5, 5.41) is 3.21. The molecule has 4 aromatic carbocycles. The number of nitrogens with zero attached hydrogens (tertiary/aromatic N) is 1. The lowest BCUT2D eigenvalue weighted by atomic mass is 9.93. The predicted octanol–water partition coefficient (Wildman–Crippen LogP) is 9.29. The van der Waals surface area contributed by atoms with Crippen molar-refractivity contribution in [1.29, 1.82) is 0 Å². The van der Waals surface area contributed by atoms with Crippen molar-refractivity contribution in [3.05, 3.63) is 154 Å². The molecule has 1 amide bonds. The van der Waals surface area contributed by atoms with Gasteiger partial charge >= 0.3 is 6.09 Å². The average Bonchev–Trinajstić information content (AvgIpc) is 3.34. The molecule has 4 nitrogen and oxygen atoms in total. The molecule has 6 rings (SSSR count). The Kier molecular flexibility index (Phi) is 11.0. The fourth-order valence-corrected chi connectivity index (χ4v) is 5.73. The molecule has 45 heavy (non-hydrogen) atoms. The van der Waals surface area contributed by atoms with E-state index in [0.29, 0.717) is 13.2 Å². The minimum absolute atomic E-state index is 0.274. The van der Waals surface area contributed by atoms with E-state index < -0.39 is 0 Å². The largest absolute Gasteiger partial charge is 0.450 e. The summed E-state index contributed by atoms with van der Waals surface area (Å²) in [5.74, 6) is 0. The first-order valence-corrected chi connectivity index (χ1v) is 15.8. The van der Waals surface area contributed by atoms with E-state index in [4.69, 9.17) is 4.74 Å². The van der Waals surface area contributed by atoms with E-state index >= 15 is 0 Å². The summed E-state index contributed by atoms with van der Waals surface area (Å²) in [6.07, 6.45) is 14.9. The normalized spacial score (nSPS) is 12.2. The van der Waals surface area contributed by atoms with E-state index in [0.717, 1.165) is 19.4 Å². The van der Waals surface area contributed by atoms with Gasteiger partial charge < -0.3 is 15.0 Å². The summed E-state index contributed by atoms with van der Waals surface area (Å²) >= 11 is 0. The lowest BCUT2D eigenvalue weighted by Crippen LogP contribution is -2.28. The Labute approximate surface area is 268 Å². The Hall–Kier alpha value is -4.93. The molecule has 0 radical (unpaired) electrons. The van der Waals surface area contributed by atoms with Gasteiger partial charge in [-0.3, -0.25) is 0 Å². The molecule has 0 bridgehead atoms. The monoisotopic (exact) mass is 594 g/mol. The first-order valence-electron chi connectivity index (χ1n) is 15.8. The predicted molar refractivity (Wildman–Crippen MR) is 191 cm³/mol. The Balaban J connectivity index is 0.000000182. The van der Waals surface area contributed by atoms with Gasteiger partial charge in [0, 0.05) is 13.6 Å². The van der Waals surface area contributed by atoms with Crippen LogP contribution in [0.4, 0.5) is 4.79 Å². The second kappa shape index (κ2) is 15.7. The number of hydrogen-bond donors (Lipinski definition) is 1. The van der Waals surface area contributed by atoms with E-state index in [9.17, 15) is 4.79 Å². The van der Waals surface area contributed by atoms with Crippen molar-refractivity contribution in [3.63, 3.8) is 0 Å². The maximum Gasteiger partial charge on any atom is 0.409 e. The van der Waals surface area contributed by atoms with Crippen molar-refractivity contribution in [2.45, 2.75) is 19.8 Å². The molecule has 0 aliphatic heterocycles. The van der Waals surface area contributed by atoms with Gasteiger partial charge in [-0.05, 0) is 89.0 Å². The number of carbonyl (C=O) groups is 1. The number of hydrogen-bond acceptors (Lipinski definition) is 3. The van der Waals surface area contributed by atoms with Crippen molar-refractivity contribution < 1.29 is 9.53 Å². The van der Waals surface area contributed by atoms with E-state index in [1.54, 1.807) is 11.9 Å². The van der Waals surface area contributed by atoms with Crippen molar-refractivity contribution in [3.8, 4) is 0 Å². The van der Waals surface area contributed by atoms with Gasteiger partial charge in [-0.1, -0.05) is 134 Å². The van der Waals surface area contributed by atoms with Crippen LogP contribution in [0.15, 0.2) is 109 Å². The molecule has 0 saturated heterocycles. The van der Waals surface area contributed by atoms with Crippen LogP contribution in [0, 0.1) is 0 Å². The van der Waals surface area contributed by atoms with Crippen LogP contribution in [0.2, 0.25) is 0 Å². The van der Waals surface area contributed by atoms with Gasteiger partial charge in [0.1, 0.15) is 0 Å². The number of fused-ring (bicyclic) bond motifs is 4. The third-order valence-electron chi connectivity index (χ3n) is 8.02. The first-order chi connectivity index (χ1) is 22.1. The number of amides is 1. The van der Waals surface area contributed by atoms with Crippen LogP contribution >= 0.6 is 0 Å². The molecule has 0 atom stereocenters. The second-order valence-corrected chi connectivity index (χ2v) is 11.1. The molecule has 0 unspecified atom stereocenters. The van der Waals surface area contributed by atoms with Crippen LogP contribution in [-0.2, 0) is 4.74 Å². The quantitative estimate of drug-likeness (QED) is 0.187. The van der Waals surface area contributed by atoms with Crippen LogP contribution in [0.3, 0.4) is 0 Å². The van der Waals surface area contributed by atoms with Crippen molar-refractivity contribution in [2.24, 2.45) is 0 Å². The maximum absolute atomic E-state index is 11.7. The van der Waals surface area contributed by atoms with Crippen LogP contribution < -0.4 is 5.32 Å². The molecule has 0 aromatic heterocycles. The maximum atomic E-state index is 11.7. The molecule has 2 aliphatic carbocycles. The minimum Gasteiger partial charge on any atom is -0.450 e. The van der Waals surface area contributed by atoms with E-state index in [1.807, 2.05) is 14.0 Å². The lowest BCUT2D eigenvalue weighted by Gasteiger charge is -2.16. The van der Waals surface area contributed by atoms with Crippen LogP contribution in [0.25, 0.3) is 35.5 Å². The molecule has 228 valence electrons. The van der Waals surface area contributed by atoms with E-state index in [1.165, 1.54) is 55.7 Å². The van der Waals surface area contributed by atoms with Crippen molar-refractivity contribution in [2.75, 3.05) is 33.8 Å². The van der Waals surface area contributed by atoms with Gasteiger partial charge in [0.25, 0.3) is 0 Å². The van der Waals surface area contributed by atoms with Crippen molar-refractivity contribution in [1.82, 2.24) is 10.2 Å². The number of ether oxygens (including phenoxy) is 1. The Morgan fingerprint density at radius 2 is 1.02 bits per heavy atom. The standard InChI is InChI=1S/C22H23NO2.C19H19N/c1-3-25-22(24)23(2)16-8-13-21-19-11-6-4-9-17(19)14-15-18-10-5-7-12-20(18)21;1-20-14-6-11-19-17-9-4-2-7-15(17)12-13-16-8-3-5-10-18(16)19/h4-7,9-15H,3,8,16H2,1-2H3;2-5,7-13,20H,6,14H2,1H3. The molecular weight excluding hydrogens is 552 g/mol. The van der Waals surface area contributed by atoms with Crippen LogP contribution in [-0.4, -0.2) is 44.8 Å². The number of benzene rings is 4. The molecule has 1 N–H and O–H groups in total. The third-order valence-corrected chi connectivity index (χ3v) is 8.02. The highest BCUT2D eigenvalue weighted by atomic mass is 16.5. The van der Waals surface area contributed by atoms with Gasteiger partial charge in [0.15, 0.2) is 0 Å². The van der Waals surface area contributed by atoms with Gasteiger partial charge in [0.05, 0.1) is 6.61 Å². The third kappa shape index (κ3) is 7.78. The van der Waals surface area contributed by atoms with Gasteiger partial charge in [-0.2, -0.15) is 0 Å². The fourth-order valence-electron chi connectivity index (χ4n) is 5.73. The Bertz CT molecular complexity index is 1640. The highest BCUT2D eigenvalue weighted by Crippen LogP contribution is 2.35. The zero-order chi connectivity index (χ0) is 31.4. The molecule has 0 spiro atoms. The Morgan fingerprint density at radius 3 is 1.40 bits per heavy atom. The summed E-state index contributed by atoms with van der Waals surface area (Å²) in [6.45, 7) is 3.85. The summed E-state index contributed by atoms with van der Waals surface area (Å²) in [6, 6.07) is 34.1. The highest BCUT2D eigenvalue weighted by molar-refractivity contribution is 5.94. The number of carbonyl (C=O) groups excluding carboxylic acids is 1. The topological polar surface area (TPSA) is 41.6 Å². The summed E-state index contributed by atoms with van der Waals surface area (Å²) in [4.78, 5) is 13.4. The molecule has 2 aliphatic rings. The lowest BCUT2D eigenvalue weighted by molar-refractivity contribution is 0.117. The average molecular weight is 595 g/mol. The molecular formula is C41H42N2O2. The SMILES string of the molecule is CCOC(=O)N(C)CCC=C1c2ccccc2C=Cc2ccccc21.CNCCC=C1c2ccccc2C=Cc2ccccc21. The highest BCUT2D eigenvalue weighted by Gasteiger charge is 2.16. The van der Waals surface area contributed by atoms with Gasteiger partial charge in [-0.15, -0.1) is 0 Å². The molecule has 0 heterocycles. The molecule has 0 fully saturated rings. The second-order valence-electron chi connectivity index (χ2n) is 11.1. The van der Waals surface area contributed by atoms with Crippen LogP contribution in [0.5, 0.6) is 0 Å². The number of rotatable bonds is 7. The van der Waals surface area contributed by atoms with E-state index in [-0.39, 0.29) is 6.09 Å². The summed E-state index contributed by atoms with van der Waals surface area (Å²) in [5.41, 5.74) is 12.7. The smallest absolute Gasteiger partial charge is 0.409 e. The fraction of sp³-hybridized carbons (Fsp3) is 0.195. The van der Waals surface area contributed by atoms with Gasteiger partial charge in [-0.25, -0.2) is 4.79 Å². The van der Waals surface area contributed by atoms with Crippen LogP contribution in [0.1, 0.15) is 64.3 Å². The van der Waals surface area contributed by atoms with Gasteiger partial charge in [0.2, 0.25) is 0 Å². The zero-order valence-electron chi connectivity index (χ0n) is 26.5. The molecule has 4 heteroatoms. The first kappa shape index (κ1) is 31.5.